The fraction of sp³-hybridized carbons (Fsp3) is 1.00. The monoisotopic (exact) mass is 138 g/mol. The first-order valence-corrected chi connectivity index (χ1v) is 4.89. The lowest BCUT2D eigenvalue weighted by atomic mass is 9.69. The van der Waals surface area contributed by atoms with E-state index in [1.807, 2.05) is 0 Å². The Morgan fingerprint density at radius 3 is 2.60 bits per heavy atom. The van der Waals surface area contributed by atoms with E-state index in [-0.39, 0.29) is 0 Å². The molecule has 1 atom stereocenters. The van der Waals surface area contributed by atoms with E-state index in [9.17, 15) is 0 Å². The number of hydrogen-bond donors (Lipinski definition) is 0. The van der Waals surface area contributed by atoms with Crippen molar-refractivity contribution in [3.63, 3.8) is 0 Å². The highest BCUT2D eigenvalue weighted by molar-refractivity contribution is 6.35. The molecule has 0 radical (unpaired) electrons. The fourth-order valence-electron chi connectivity index (χ4n) is 1.84. The molecule has 1 heteroatoms. The van der Waals surface area contributed by atoms with Gasteiger partial charge in [-0.25, -0.2) is 0 Å². The summed E-state index contributed by atoms with van der Waals surface area (Å²) >= 11 is 0. The van der Waals surface area contributed by atoms with Crippen LogP contribution in [0.3, 0.4) is 0 Å². The van der Waals surface area contributed by atoms with E-state index in [4.69, 9.17) is 0 Å². The molecule has 1 saturated heterocycles. The zero-order chi connectivity index (χ0) is 7.23. The average Bonchev–Trinajstić information content (AvgIpc) is 2.02. The third-order valence-corrected chi connectivity index (χ3v) is 2.64. The Kier molecular flexibility index (Phi) is 3.93. The summed E-state index contributed by atoms with van der Waals surface area (Å²) in [4.78, 5) is 0. The van der Waals surface area contributed by atoms with E-state index in [1.165, 1.54) is 52.0 Å². The largest absolute Gasteiger partial charge is 0.120 e. The van der Waals surface area contributed by atoms with Crippen LogP contribution in [-0.2, 0) is 0 Å². The SMILES string of the molecule is CC1CCCBCCCC1. The second kappa shape index (κ2) is 4.82. The summed E-state index contributed by atoms with van der Waals surface area (Å²) in [5.41, 5.74) is 0. The first kappa shape index (κ1) is 8.16. The fourth-order valence-corrected chi connectivity index (χ4v) is 1.84. The predicted molar refractivity (Wildman–Crippen MR) is 49.0 cm³/mol. The Morgan fingerprint density at radius 2 is 1.70 bits per heavy atom. The van der Waals surface area contributed by atoms with E-state index < -0.39 is 0 Å². The average molecular weight is 138 g/mol. The summed E-state index contributed by atoms with van der Waals surface area (Å²) in [6.45, 7) is 2.41. The van der Waals surface area contributed by atoms with Crippen LogP contribution >= 0.6 is 0 Å². The van der Waals surface area contributed by atoms with Crippen LogP contribution in [0.5, 0.6) is 0 Å². The maximum absolute atomic E-state index is 2.41. The standard InChI is InChI=1S/C9H19B/c1-9-5-2-3-7-10-8-4-6-9/h9-10H,2-8H2,1H3. The molecule has 0 nitrogen and oxygen atoms in total. The van der Waals surface area contributed by atoms with Gasteiger partial charge in [0.25, 0.3) is 0 Å². The molecule has 0 aromatic carbocycles. The summed E-state index contributed by atoms with van der Waals surface area (Å²) in [5.74, 6) is 1.01. The van der Waals surface area contributed by atoms with Crippen molar-refractivity contribution in [2.45, 2.75) is 51.7 Å². The van der Waals surface area contributed by atoms with Crippen molar-refractivity contribution >= 4 is 7.28 Å². The molecule has 0 amide bonds. The second-order valence-corrected chi connectivity index (χ2v) is 3.80. The first-order valence-electron chi connectivity index (χ1n) is 4.89. The maximum Gasteiger partial charge on any atom is 0.120 e. The summed E-state index contributed by atoms with van der Waals surface area (Å²) in [6.07, 6.45) is 10.4. The summed E-state index contributed by atoms with van der Waals surface area (Å²) in [5, 5.41) is 0. The minimum Gasteiger partial charge on any atom is -0.0774 e. The Morgan fingerprint density at radius 1 is 1.00 bits per heavy atom. The minimum atomic E-state index is 1.01. The smallest absolute Gasteiger partial charge is 0.0774 e. The molecule has 0 saturated carbocycles. The zero-order valence-electron chi connectivity index (χ0n) is 7.23. The van der Waals surface area contributed by atoms with Gasteiger partial charge in [0, 0.05) is 0 Å². The summed E-state index contributed by atoms with van der Waals surface area (Å²) < 4.78 is 0. The van der Waals surface area contributed by atoms with Crippen molar-refractivity contribution in [3.8, 4) is 0 Å². The van der Waals surface area contributed by atoms with Crippen LogP contribution in [-0.4, -0.2) is 7.28 Å². The zero-order valence-corrected chi connectivity index (χ0v) is 7.23. The molecule has 1 unspecified atom stereocenters. The molecular formula is C9H19B. The Labute approximate surface area is 65.6 Å². The third kappa shape index (κ3) is 3.29. The molecule has 0 spiro atoms. The van der Waals surface area contributed by atoms with Gasteiger partial charge in [-0.2, -0.15) is 0 Å². The van der Waals surface area contributed by atoms with E-state index in [0.29, 0.717) is 0 Å². The lowest BCUT2D eigenvalue weighted by molar-refractivity contribution is 0.471. The van der Waals surface area contributed by atoms with Gasteiger partial charge >= 0.3 is 0 Å². The molecule has 1 rings (SSSR count). The molecule has 0 aromatic heterocycles. The van der Waals surface area contributed by atoms with E-state index in [2.05, 4.69) is 6.92 Å². The molecule has 58 valence electrons. The van der Waals surface area contributed by atoms with Crippen molar-refractivity contribution < 1.29 is 0 Å². The lowest BCUT2D eigenvalue weighted by Crippen LogP contribution is -1.92. The van der Waals surface area contributed by atoms with E-state index in [1.54, 1.807) is 0 Å². The van der Waals surface area contributed by atoms with Gasteiger partial charge in [-0.1, -0.05) is 51.7 Å². The number of hydrogen-bond acceptors (Lipinski definition) is 0. The van der Waals surface area contributed by atoms with Crippen LogP contribution in [0.2, 0.25) is 12.6 Å². The van der Waals surface area contributed by atoms with Crippen molar-refractivity contribution in [2.75, 3.05) is 0 Å². The summed E-state index contributed by atoms with van der Waals surface area (Å²) in [6, 6.07) is 0. The van der Waals surface area contributed by atoms with Gasteiger partial charge in [-0.3, -0.25) is 0 Å². The molecule has 1 aliphatic rings. The number of rotatable bonds is 0. The van der Waals surface area contributed by atoms with Gasteiger partial charge in [0.2, 0.25) is 0 Å². The van der Waals surface area contributed by atoms with Crippen LogP contribution in [0.15, 0.2) is 0 Å². The molecule has 1 fully saturated rings. The highest BCUT2D eigenvalue weighted by atomic mass is 14.1. The Bertz CT molecular complexity index is 70.8. The van der Waals surface area contributed by atoms with E-state index in [0.717, 1.165) is 5.92 Å². The summed E-state index contributed by atoms with van der Waals surface area (Å²) in [7, 11) is 1.49. The second-order valence-electron chi connectivity index (χ2n) is 3.80. The molecule has 1 heterocycles. The predicted octanol–water partition coefficient (Wildman–Crippen LogP) is 2.86. The normalized spacial score (nSPS) is 29.5. The van der Waals surface area contributed by atoms with Gasteiger partial charge < -0.3 is 0 Å². The Balaban J connectivity index is 2.15. The topological polar surface area (TPSA) is 0 Å². The molecular weight excluding hydrogens is 119 g/mol. The highest BCUT2D eigenvalue weighted by Gasteiger charge is 2.04. The van der Waals surface area contributed by atoms with Crippen LogP contribution in [0.4, 0.5) is 0 Å². The minimum absolute atomic E-state index is 1.01. The van der Waals surface area contributed by atoms with Crippen molar-refractivity contribution in [3.05, 3.63) is 0 Å². The van der Waals surface area contributed by atoms with Gasteiger partial charge in [0.05, 0.1) is 0 Å². The van der Waals surface area contributed by atoms with Gasteiger partial charge in [-0.05, 0) is 5.92 Å². The molecule has 0 bridgehead atoms. The van der Waals surface area contributed by atoms with Crippen LogP contribution < -0.4 is 0 Å². The van der Waals surface area contributed by atoms with Crippen molar-refractivity contribution in [1.82, 2.24) is 0 Å². The van der Waals surface area contributed by atoms with Crippen LogP contribution in [0.1, 0.15) is 39.0 Å². The highest BCUT2D eigenvalue weighted by Crippen LogP contribution is 2.18. The quantitative estimate of drug-likeness (QED) is 0.451. The van der Waals surface area contributed by atoms with Crippen molar-refractivity contribution in [2.24, 2.45) is 5.92 Å². The molecule has 0 N–H and O–H groups in total. The van der Waals surface area contributed by atoms with Crippen LogP contribution in [0, 0.1) is 5.92 Å². The van der Waals surface area contributed by atoms with Gasteiger partial charge in [0.1, 0.15) is 7.28 Å². The molecule has 1 aliphatic heterocycles. The molecule has 0 aliphatic carbocycles. The lowest BCUT2D eigenvalue weighted by Gasteiger charge is -2.07. The first-order chi connectivity index (χ1) is 4.89. The van der Waals surface area contributed by atoms with Gasteiger partial charge in [-0.15, -0.1) is 0 Å². The molecule has 0 aromatic rings. The van der Waals surface area contributed by atoms with Gasteiger partial charge in [0.15, 0.2) is 0 Å². The Hall–Kier alpha value is 0.0649. The maximum atomic E-state index is 2.41. The van der Waals surface area contributed by atoms with Crippen LogP contribution in [0.25, 0.3) is 0 Å². The van der Waals surface area contributed by atoms with E-state index >= 15 is 0 Å². The molecule has 10 heavy (non-hydrogen) atoms. The third-order valence-electron chi connectivity index (χ3n) is 2.64. The van der Waals surface area contributed by atoms with Crippen molar-refractivity contribution in [1.29, 1.82) is 0 Å².